The van der Waals surface area contributed by atoms with E-state index in [2.05, 4.69) is 4.98 Å². The van der Waals surface area contributed by atoms with Crippen molar-refractivity contribution in [2.75, 3.05) is 0 Å². The van der Waals surface area contributed by atoms with Gasteiger partial charge in [0, 0.05) is 11.8 Å². The van der Waals surface area contributed by atoms with E-state index >= 15 is 0 Å². The first-order valence-electron chi connectivity index (χ1n) is 5.89. The highest BCUT2D eigenvalue weighted by Crippen LogP contribution is 2.29. The summed E-state index contributed by atoms with van der Waals surface area (Å²) in [6.45, 7) is 0. The van der Waals surface area contributed by atoms with Crippen molar-refractivity contribution < 1.29 is 8.78 Å². The zero-order valence-corrected chi connectivity index (χ0v) is 12.6. The number of imidazole rings is 1. The summed E-state index contributed by atoms with van der Waals surface area (Å²) in [5, 5.41) is -0.0546. The number of rotatable bonds is 2. The van der Waals surface area contributed by atoms with E-state index in [9.17, 15) is 8.78 Å². The molecule has 0 atom stereocenters. The Balaban J connectivity index is 2.34. The minimum absolute atomic E-state index is 0.0249. The largest absolute Gasteiger partial charge is 0.295 e. The van der Waals surface area contributed by atoms with Gasteiger partial charge < -0.3 is 0 Å². The van der Waals surface area contributed by atoms with Gasteiger partial charge in [0.2, 0.25) is 0 Å². The first-order valence-corrected chi connectivity index (χ1v) is 7.18. The fourth-order valence-electron chi connectivity index (χ4n) is 2.12. The molecule has 3 rings (SSSR count). The Bertz CT molecular complexity index is 846. The number of nitrogens with zero attached hydrogens (tertiary/aromatic N) is 2. The third-order valence-corrected chi connectivity index (χ3v) is 3.87. The molecule has 7 heteroatoms. The molecule has 0 unspecified atom stereocenters. The fraction of sp³-hybridized carbons (Fsp3) is 0.0714. The average molecular weight is 348 g/mol. The van der Waals surface area contributed by atoms with Gasteiger partial charge in [-0.05, 0) is 24.3 Å². The highest BCUT2D eigenvalue weighted by atomic mass is 35.5. The predicted octanol–water partition coefficient (Wildman–Crippen LogP) is 5.35. The van der Waals surface area contributed by atoms with Crippen LogP contribution in [0.2, 0.25) is 10.0 Å². The number of aromatic nitrogens is 2. The Labute approximate surface area is 133 Å². The van der Waals surface area contributed by atoms with Crippen LogP contribution in [0.1, 0.15) is 5.82 Å². The molecule has 1 heterocycles. The molecule has 108 valence electrons. The molecule has 2 aromatic carbocycles. The molecule has 0 radical (unpaired) electrons. The monoisotopic (exact) mass is 346 g/mol. The maximum Gasteiger partial charge on any atom is 0.144 e. The topological polar surface area (TPSA) is 17.8 Å². The Morgan fingerprint density at radius 1 is 1.00 bits per heavy atom. The smallest absolute Gasteiger partial charge is 0.144 e. The van der Waals surface area contributed by atoms with Crippen molar-refractivity contribution >= 4 is 45.8 Å². The van der Waals surface area contributed by atoms with Crippen LogP contribution < -0.4 is 0 Å². The summed E-state index contributed by atoms with van der Waals surface area (Å²) in [4.78, 5) is 4.26. The van der Waals surface area contributed by atoms with Gasteiger partial charge in [0.1, 0.15) is 17.5 Å². The second kappa shape index (κ2) is 5.44. The fourth-order valence-corrected chi connectivity index (χ4v) is 2.64. The van der Waals surface area contributed by atoms with E-state index < -0.39 is 11.6 Å². The van der Waals surface area contributed by atoms with Gasteiger partial charge in [-0.3, -0.25) is 4.57 Å². The molecule has 0 bridgehead atoms. The molecule has 0 aliphatic rings. The van der Waals surface area contributed by atoms with Gasteiger partial charge in [-0.25, -0.2) is 13.8 Å². The summed E-state index contributed by atoms with van der Waals surface area (Å²) >= 11 is 17.5. The normalized spacial score (nSPS) is 11.3. The Hall–Kier alpha value is -1.36. The maximum atomic E-state index is 13.5. The van der Waals surface area contributed by atoms with Crippen molar-refractivity contribution in [1.82, 2.24) is 9.55 Å². The van der Waals surface area contributed by atoms with Crippen molar-refractivity contribution in [1.29, 1.82) is 0 Å². The lowest BCUT2D eigenvalue weighted by Gasteiger charge is -2.09. The molecule has 1 aromatic heterocycles. The van der Waals surface area contributed by atoms with Crippen LogP contribution in [0.3, 0.4) is 0 Å². The lowest BCUT2D eigenvalue weighted by atomic mass is 10.2. The van der Waals surface area contributed by atoms with Crippen LogP contribution >= 0.6 is 34.8 Å². The number of fused-ring (bicyclic) bond motifs is 1. The Morgan fingerprint density at radius 3 is 2.38 bits per heavy atom. The highest BCUT2D eigenvalue weighted by Gasteiger charge is 2.15. The zero-order valence-electron chi connectivity index (χ0n) is 10.4. The van der Waals surface area contributed by atoms with Gasteiger partial charge in [0.25, 0.3) is 0 Å². The second-order valence-corrected chi connectivity index (χ2v) is 5.43. The predicted molar refractivity (Wildman–Crippen MR) is 80.6 cm³/mol. The molecule has 0 amide bonds. The first kappa shape index (κ1) is 14.6. The summed E-state index contributed by atoms with van der Waals surface area (Å²) in [6.07, 6.45) is 0. The van der Waals surface area contributed by atoms with Crippen LogP contribution in [-0.2, 0) is 5.88 Å². The van der Waals surface area contributed by atoms with Crippen molar-refractivity contribution in [2.45, 2.75) is 5.88 Å². The number of hydrogen-bond donors (Lipinski definition) is 0. The van der Waals surface area contributed by atoms with Crippen molar-refractivity contribution in [2.24, 2.45) is 0 Å². The van der Waals surface area contributed by atoms with Crippen LogP contribution in [-0.4, -0.2) is 9.55 Å². The molecular weight excluding hydrogens is 341 g/mol. The van der Waals surface area contributed by atoms with Crippen LogP contribution in [0, 0.1) is 11.6 Å². The van der Waals surface area contributed by atoms with Crippen molar-refractivity contribution in [3.8, 4) is 5.69 Å². The third kappa shape index (κ3) is 2.48. The van der Waals surface area contributed by atoms with E-state index in [-0.39, 0.29) is 15.9 Å². The summed E-state index contributed by atoms with van der Waals surface area (Å²) in [6, 6.07) is 6.91. The van der Waals surface area contributed by atoms with Gasteiger partial charge in [0.05, 0.1) is 27.0 Å². The molecule has 0 aliphatic carbocycles. The molecule has 0 saturated carbocycles. The molecule has 0 spiro atoms. The summed E-state index contributed by atoms with van der Waals surface area (Å²) in [7, 11) is 0. The molecule has 2 nitrogen and oxygen atoms in total. The van der Waals surface area contributed by atoms with E-state index in [0.717, 1.165) is 0 Å². The SMILES string of the molecule is Fc1ccc(-n2c(CCl)nc3cc(F)c(Cl)cc32)cc1Cl. The molecule has 0 fully saturated rings. The van der Waals surface area contributed by atoms with Gasteiger partial charge in [-0.1, -0.05) is 23.2 Å². The minimum Gasteiger partial charge on any atom is -0.295 e. The van der Waals surface area contributed by atoms with Gasteiger partial charge >= 0.3 is 0 Å². The number of alkyl halides is 1. The molecule has 0 saturated heterocycles. The van der Waals surface area contributed by atoms with E-state index in [0.29, 0.717) is 22.5 Å². The van der Waals surface area contributed by atoms with Crippen LogP contribution in [0.15, 0.2) is 30.3 Å². The van der Waals surface area contributed by atoms with Gasteiger partial charge in [-0.2, -0.15) is 0 Å². The lowest BCUT2D eigenvalue weighted by molar-refractivity contribution is 0.628. The molecule has 0 N–H and O–H groups in total. The lowest BCUT2D eigenvalue weighted by Crippen LogP contribution is -1.99. The van der Waals surface area contributed by atoms with E-state index in [4.69, 9.17) is 34.8 Å². The zero-order chi connectivity index (χ0) is 15.1. The molecule has 0 aliphatic heterocycles. The quantitative estimate of drug-likeness (QED) is 0.571. The average Bonchev–Trinajstić information content (AvgIpc) is 2.80. The Kier molecular flexibility index (Phi) is 3.78. The maximum absolute atomic E-state index is 13.5. The number of benzene rings is 2. The number of halogens is 5. The molecular formula is C14H7Cl3F2N2. The van der Waals surface area contributed by atoms with Gasteiger partial charge in [0.15, 0.2) is 0 Å². The molecule has 3 aromatic rings. The first-order chi connectivity index (χ1) is 10.0. The van der Waals surface area contributed by atoms with Crippen LogP contribution in [0.5, 0.6) is 0 Å². The van der Waals surface area contributed by atoms with Crippen molar-refractivity contribution in [3.05, 3.63) is 57.8 Å². The van der Waals surface area contributed by atoms with Crippen LogP contribution in [0.25, 0.3) is 16.7 Å². The summed E-state index contributed by atoms with van der Waals surface area (Å²) in [5.41, 5.74) is 1.55. The molecule has 21 heavy (non-hydrogen) atoms. The van der Waals surface area contributed by atoms with E-state index in [1.54, 1.807) is 4.57 Å². The van der Waals surface area contributed by atoms with E-state index in [1.165, 1.54) is 30.3 Å². The van der Waals surface area contributed by atoms with E-state index in [1.807, 2.05) is 0 Å². The highest BCUT2D eigenvalue weighted by molar-refractivity contribution is 6.31. The van der Waals surface area contributed by atoms with Crippen LogP contribution in [0.4, 0.5) is 8.78 Å². The summed E-state index contributed by atoms with van der Waals surface area (Å²) < 4.78 is 28.5. The van der Waals surface area contributed by atoms with Gasteiger partial charge in [-0.15, -0.1) is 11.6 Å². The summed E-state index contributed by atoms with van der Waals surface area (Å²) in [5.74, 6) is -0.507. The number of hydrogen-bond acceptors (Lipinski definition) is 1. The second-order valence-electron chi connectivity index (χ2n) is 4.35. The van der Waals surface area contributed by atoms with Crippen molar-refractivity contribution in [3.63, 3.8) is 0 Å². The third-order valence-electron chi connectivity index (χ3n) is 3.05. The standard InChI is InChI=1S/C14H7Cl3F2N2/c15-6-14-20-12-5-11(19)9(17)4-13(12)21(14)7-1-2-10(18)8(16)3-7/h1-5H,6H2. The minimum atomic E-state index is -0.563. The Morgan fingerprint density at radius 2 is 1.71 bits per heavy atom.